The molecule has 0 radical (unpaired) electrons. The number of benzene rings is 2. The van der Waals surface area contributed by atoms with E-state index < -0.39 is 0 Å². The summed E-state index contributed by atoms with van der Waals surface area (Å²) in [6.07, 6.45) is 1.66. The first kappa shape index (κ1) is 17.6. The van der Waals surface area contributed by atoms with Crippen molar-refractivity contribution in [2.45, 2.75) is 13.0 Å². The summed E-state index contributed by atoms with van der Waals surface area (Å²) in [6.45, 7) is 0.514. The van der Waals surface area contributed by atoms with Crippen LogP contribution in [-0.4, -0.2) is 22.3 Å². The van der Waals surface area contributed by atoms with Gasteiger partial charge in [-0.1, -0.05) is 41.7 Å². The van der Waals surface area contributed by atoms with Crippen LogP contribution in [0.5, 0.6) is 5.75 Å². The number of amides is 1. The zero-order chi connectivity index (χ0) is 18.2. The minimum Gasteiger partial charge on any atom is -0.489 e. The number of carbonyl (C=O) groups is 1. The van der Waals surface area contributed by atoms with Gasteiger partial charge in [0.25, 0.3) is 0 Å². The van der Waals surface area contributed by atoms with Gasteiger partial charge in [0.2, 0.25) is 11.0 Å². The van der Waals surface area contributed by atoms with Gasteiger partial charge in [-0.3, -0.25) is 4.79 Å². The fraction of sp³-hybridized carbons (Fsp3) is 0.111. The van der Waals surface area contributed by atoms with E-state index in [0.29, 0.717) is 16.7 Å². The molecule has 1 amide bonds. The van der Waals surface area contributed by atoms with E-state index in [1.165, 1.54) is 11.3 Å². The Morgan fingerprint density at radius 1 is 1.15 bits per heavy atom. The number of nitrogens with one attached hydrogen (secondary N) is 1. The first-order chi connectivity index (χ1) is 12.7. The van der Waals surface area contributed by atoms with Crippen molar-refractivity contribution in [1.29, 1.82) is 0 Å². The maximum atomic E-state index is 11.7. The summed E-state index contributed by atoms with van der Waals surface area (Å²) in [5.41, 5.74) is 9.87. The highest BCUT2D eigenvalue weighted by Crippen LogP contribution is 2.13. The molecule has 0 spiro atoms. The highest BCUT2D eigenvalue weighted by Gasteiger charge is 2.06. The summed E-state index contributed by atoms with van der Waals surface area (Å²) >= 11 is 1.18. The Balaban J connectivity index is 1.46. The fourth-order valence-electron chi connectivity index (χ4n) is 2.08. The number of carbonyl (C=O) groups excluding carboxylic acids is 1. The standard InChI is InChI=1S/C18H17N5O2S/c19-18-23-22-17(26-18)10-16(24)21-20-11-13-6-8-15(9-7-13)25-12-14-4-2-1-3-5-14/h1-9,11H,10,12H2,(H2,19,23)(H,21,24). The molecule has 132 valence electrons. The van der Waals surface area contributed by atoms with E-state index in [1.54, 1.807) is 6.21 Å². The van der Waals surface area contributed by atoms with Gasteiger partial charge < -0.3 is 10.5 Å². The van der Waals surface area contributed by atoms with Gasteiger partial charge in [0.05, 0.1) is 12.6 Å². The predicted octanol–water partition coefficient (Wildman–Crippen LogP) is 2.39. The maximum Gasteiger partial charge on any atom is 0.247 e. The van der Waals surface area contributed by atoms with E-state index in [9.17, 15) is 4.79 Å². The zero-order valence-electron chi connectivity index (χ0n) is 13.8. The molecule has 3 N–H and O–H groups in total. The maximum absolute atomic E-state index is 11.7. The molecule has 0 aliphatic carbocycles. The van der Waals surface area contributed by atoms with E-state index in [4.69, 9.17) is 10.5 Å². The SMILES string of the molecule is Nc1nnc(CC(=O)NN=Cc2ccc(OCc3ccccc3)cc2)s1. The molecule has 26 heavy (non-hydrogen) atoms. The Morgan fingerprint density at radius 2 is 1.92 bits per heavy atom. The lowest BCUT2D eigenvalue weighted by atomic mass is 10.2. The number of rotatable bonds is 7. The lowest BCUT2D eigenvalue weighted by Crippen LogP contribution is -2.19. The molecule has 0 aliphatic rings. The van der Waals surface area contributed by atoms with Crippen LogP contribution in [0, 0.1) is 0 Å². The summed E-state index contributed by atoms with van der Waals surface area (Å²) in [5, 5.41) is 12.3. The molecule has 1 aromatic heterocycles. The van der Waals surface area contributed by atoms with Gasteiger partial charge in [-0.05, 0) is 35.4 Å². The van der Waals surface area contributed by atoms with Gasteiger partial charge in [-0.25, -0.2) is 5.43 Å². The fourth-order valence-corrected chi connectivity index (χ4v) is 2.69. The molecule has 0 fully saturated rings. The summed E-state index contributed by atoms with van der Waals surface area (Å²) < 4.78 is 5.72. The normalized spacial score (nSPS) is 10.8. The van der Waals surface area contributed by atoms with Crippen LogP contribution in [0.25, 0.3) is 0 Å². The number of hydrogen-bond donors (Lipinski definition) is 2. The van der Waals surface area contributed by atoms with Gasteiger partial charge in [0, 0.05) is 0 Å². The number of nitrogen functional groups attached to an aromatic ring is 1. The van der Waals surface area contributed by atoms with Crippen LogP contribution >= 0.6 is 11.3 Å². The number of hydrazone groups is 1. The Bertz CT molecular complexity index is 878. The quantitative estimate of drug-likeness (QED) is 0.493. The van der Waals surface area contributed by atoms with Crippen molar-refractivity contribution in [3.8, 4) is 5.75 Å². The molecular weight excluding hydrogens is 350 g/mol. The highest BCUT2D eigenvalue weighted by molar-refractivity contribution is 7.15. The molecule has 0 bridgehead atoms. The molecule has 0 aliphatic heterocycles. The molecule has 3 aromatic rings. The second-order valence-corrected chi connectivity index (χ2v) is 6.44. The van der Waals surface area contributed by atoms with Crippen LogP contribution in [-0.2, 0) is 17.8 Å². The smallest absolute Gasteiger partial charge is 0.247 e. The topological polar surface area (TPSA) is 102 Å². The van der Waals surface area contributed by atoms with E-state index in [1.807, 2.05) is 54.6 Å². The van der Waals surface area contributed by atoms with Crippen LogP contribution < -0.4 is 15.9 Å². The van der Waals surface area contributed by atoms with E-state index >= 15 is 0 Å². The number of aromatic nitrogens is 2. The monoisotopic (exact) mass is 367 g/mol. The molecule has 0 saturated carbocycles. The Morgan fingerprint density at radius 3 is 2.62 bits per heavy atom. The molecule has 3 rings (SSSR count). The van der Waals surface area contributed by atoms with Crippen LogP contribution in [0.4, 0.5) is 5.13 Å². The average molecular weight is 367 g/mol. The Hall–Kier alpha value is -3.26. The molecule has 7 nitrogen and oxygen atoms in total. The minimum atomic E-state index is -0.278. The largest absolute Gasteiger partial charge is 0.489 e. The lowest BCUT2D eigenvalue weighted by Gasteiger charge is -2.06. The second kappa shape index (κ2) is 8.72. The van der Waals surface area contributed by atoms with Crippen molar-refractivity contribution < 1.29 is 9.53 Å². The Kier molecular flexibility index (Phi) is 5.89. The molecular formula is C18H17N5O2S. The van der Waals surface area contributed by atoms with Gasteiger partial charge in [0.15, 0.2) is 0 Å². The summed E-state index contributed by atoms with van der Waals surface area (Å²) in [6, 6.07) is 17.4. The first-order valence-electron chi connectivity index (χ1n) is 7.85. The molecule has 8 heteroatoms. The van der Waals surface area contributed by atoms with Gasteiger partial charge in [-0.2, -0.15) is 5.10 Å². The van der Waals surface area contributed by atoms with Crippen molar-refractivity contribution in [2.75, 3.05) is 5.73 Å². The molecule has 0 unspecified atom stereocenters. The third kappa shape index (κ3) is 5.38. The third-order valence-corrected chi connectivity index (χ3v) is 4.08. The van der Waals surface area contributed by atoms with Gasteiger partial charge >= 0.3 is 0 Å². The van der Waals surface area contributed by atoms with Crippen molar-refractivity contribution >= 4 is 28.6 Å². The average Bonchev–Trinajstić information content (AvgIpc) is 3.06. The lowest BCUT2D eigenvalue weighted by molar-refractivity contribution is -0.120. The number of nitrogens with zero attached hydrogens (tertiary/aromatic N) is 3. The van der Waals surface area contributed by atoms with Crippen molar-refractivity contribution in [3.05, 3.63) is 70.7 Å². The molecule has 1 heterocycles. The summed E-state index contributed by atoms with van der Waals surface area (Å²) in [7, 11) is 0. The Labute approximate surface area is 154 Å². The first-order valence-corrected chi connectivity index (χ1v) is 8.67. The summed E-state index contributed by atoms with van der Waals surface area (Å²) in [4.78, 5) is 11.7. The van der Waals surface area contributed by atoms with E-state index in [2.05, 4.69) is 20.7 Å². The van der Waals surface area contributed by atoms with Crippen molar-refractivity contribution in [3.63, 3.8) is 0 Å². The van der Waals surface area contributed by atoms with Crippen molar-refractivity contribution in [2.24, 2.45) is 5.10 Å². The number of nitrogens with two attached hydrogens (primary N) is 1. The predicted molar refractivity (Wildman–Crippen MR) is 101 cm³/mol. The van der Waals surface area contributed by atoms with E-state index in [-0.39, 0.29) is 12.3 Å². The van der Waals surface area contributed by atoms with Crippen LogP contribution in [0.2, 0.25) is 0 Å². The third-order valence-electron chi connectivity index (χ3n) is 3.33. The molecule has 0 saturated heterocycles. The number of hydrogen-bond acceptors (Lipinski definition) is 7. The van der Waals surface area contributed by atoms with Crippen LogP contribution in [0.15, 0.2) is 59.7 Å². The van der Waals surface area contributed by atoms with Crippen molar-refractivity contribution in [1.82, 2.24) is 15.6 Å². The van der Waals surface area contributed by atoms with Gasteiger partial charge in [0.1, 0.15) is 17.4 Å². The minimum absolute atomic E-state index is 0.0957. The highest BCUT2D eigenvalue weighted by atomic mass is 32.1. The molecule has 2 aromatic carbocycles. The zero-order valence-corrected chi connectivity index (χ0v) is 14.6. The van der Waals surface area contributed by atoms with E-state index in [0.717, 1.165) is 16.9 Å². The second-order valence-electron chi connectivity index (χ2n) is 5.35. The molecule has 0 atom stereocenters. The number of ether oxygens (including phenoxy) is 1. The van der Waals surface area contributed by atoms with Gasteiger partial charge in [-0.15, -0.1) is 10.2 Å². The van der Waals surface area contributed by atoms with Crippen LogP contribution in [0.3, 0.4) is 0 Å². The van der Waals surface area contributed by atoms with Crippen LogP contribution in [0.1, 0.15) is 16.1 Å². The summed E-state index contributed by atoms with van der Waals surface area (Å²) in [5.74, 6) is 0.490. The number of anilines is 1.